The molecule has 0 saturated heterocycles. The van der Waals surface area contributed by atoms with Gasteiger partial charge in [0.25, 0.3) is 0 Å². The Kier molecular flexibility index (Phi) is 7.35. The highest BCUT2D eigenvalue weighted by Crippen LogP contribution is 2.39. The number of hydrogen-bond donors (Lipinski definition) is 0. The van der Waals surface area contributed by atoms with Gasteiger partial charge in [-0.2, -0.15) is 13.2 Å². The molecular weight excluding hydrogens is 541 g/mol. The van der Waals surface area contributed by atoms with E-state index in [1.54, 1.807) is 42.6 Å². The van der Waals surface area contributed by atoms with Gasteiger partial charge in [0.1, 0.15) is 17.2 Å². The van der Waals surface area contributed by atoms with E-state index in [0.717, 1.165) is 17.9 Å². The number of nitro groups is 1. The Morgan fingerprint density at radius 1 is 0.833 bits per heavy atom. The topological polar surface area (TPSA) is 74.0 Å². The van der Waals surface area contributed by atoms with Gasteiger partial charge in [0, 0.05) is 12.3 Å². The molecular formula is C26H16BrF3N2O4. The van der Waals surface area contributed by atoms with Crippen molar-refractivity contribution in [3.63, 3.8) is 0 Å². The molecule has 6 nitrogen and oxygen atoms in total. The predicted octanol–water partition coefficient (Wildman–Crippen LogP) is 8.71. The summed E-state index contributed by atoms with van der Waals surface area (Å²) in [7, 11) is 0. The Hall–Kier alpha value is -4.18. The van der Waals surface area contributed by atoms with Crippen LogP contribution in [0.25, 0.3) is 0 Å². The van der Waals surface area contributed by atoms with Gasteiger partial charge in [0.2, 0.25) is 5.75 Å². The Morgan fingerprint density at radius 3 is 2.14 bits per heavy atom. The molecule has 0 bridgehead atoms. The van der Waals surface area contributed by atoms with Gasteiger partial charge in [0.15, 0.2) is 0 Å². The molecule has 0 N–H and O–H groups in total. The number of rotatable bonds is 7. The summed E-state index contributed by atoms with van der Waals surface area (Å²) in [6.07, 6.45) is -3.09. The van der Waals surface area contributed by atoms with Crippen LogP contribution in [0.2, 0.25) is 0 Å². The van der Waals surface area contributed by atoms with E-state index in [-0.39, 0.29) is 11.5 Å². The van der Waals surface area contributed by atoms with Crippen LogP contribution in [-0.4, -0.2) is 11.1 Å². The molecule has 0 saturated carbocycles. The fraction of sp³-hybridized carbons (Fsp3) is 0.0385. The van der Waals surface area contributed by atoms with Crippen molar-refractivity contribution in [1.29, 1.82) is 0 Å². The molecule has 0 atom stereocenters. The molecule has 0 amide bonds. The molecule has 36 heavy (non-hydrogen) atoms. The summed E-state index contributed by atoms with van der Waals surface area (Å²) in [6.45, 7) is 0. The lowest BCUT2D eigenvalue weighted by Gasteiger charge is -2.11. The number of alkyl halides is 3. The van der Waals surface area contributed by atoms with Gasteiger partial charge in [-0.3, -0.25) is 15.1 Å². The number of nitro benzene ring substituents is 1. The number of hydrogen-bond acceptors (Lipinski definition) is 5. The van der Waals surface area contributed by atoms with E-state index >= 15 is 0 Å². The maximum Gasteiger partial charge on any atom is 0.416 e. The molecule has 0 spiro atoms. The van der Waals surface area contributed by atoms with Crippen molar-refractivity contribution in [2.24, 2.45) is 4.99 Å². The third kappa shape index (κ3) is 6.28. The molecule has 0 radical (unpaired) electrons. The van der Waals surface area contributed by atoms with Crippen molar-refractivity contribution in [2.45, 2.75) is 6.18 Å². The second-order valence-electron chi connectivity index (χ2n) is 7.40. The SMILES string of the molecule is O=[N+]([O-])c1cc(C(F)(F)F)ccc1Oc1ccc(C=Nc2ccc(Oc3ccccc3)cc2)cc1Br. The van der Waals surface area contributed by atoms with Crippen LogP contribution < -0.4 is 9.47 Å². The molecule has 0 aliphatic rings. The number of benzene rings is 4. The normalized spacial score (nSPS) is 11.4. The first-order chi connectivity index (χ1) is 17.2. The van der Waals surface area contributed by atoms with Gasteiger partial charge < -0.3 is 9.47 Å². The van der Waals surface area contributed by atoms with Crippen molar-refractivity contribution in [3.05, 3.63) is 117 Å². The lowest BCUT2D eigenvalue weighted by molar-refractivity contribution is -0.385. The molecule has 0 aromatic heterocycles. The number of para-hydroxylation sites is 1. The fourth-order valence-electron chi connectivity index (χ4n) is 3.10. The minimum absolute atomic E-state index is 0.192. The summed E-state index contributed by atoms with van der Waals surface area (Å²) in [6, 6.07) is 23.5. The van der Waals surface area contributed by atoms with Crippen LogP contribution in [0, 0.1) is 10.1 Å². The molecule has 0 heterocycles. The van der Waals surface area contributed by atoms with E-state index in [0.29, 0.717) is 27.5 Å². The summed E-state index contributed by atoms with van der Waals surface area (Å²) in [5.41, 5.74) is -0.540. The first-order valence-corrected chi connectivity index (χ1v) is 11.2. The lowest BCUT2D eigenvalue weighted by Crippen LogP contribution is -2.06. The van der Waals surface area contributed by atoms with Gasteiger partial charge >= 0.3 is 11.9 Å². The van der Waals surface area contributed by atoms with Crippen molar-refractivity contribution in [1.82, 2.24) is 0 Å². The summed E-state index contributed by atoms with van der Waals surface area (Å²) in [5.74, 6) is 1.27. The quantitative estimate of drug-likeness (QED) is 0.129. The van der Waals surface area contributed by atoms with Crippen LogP contribution in [0.1, 0.15) is 11.1 Å². The van der Waals surface area contributed by atoms with Crippen LogP contribution in [0.15, 0.2) is 100 Å². The van der Waals surface area contributed by atoms with E-state index < -0.39 is 22.4 Å². The first-order valence-electron chi connectivity index (χ1n) is 10.4. The number of halogens is 4. The van der Waals surface area contributed by atoms with Crippen molar-refractivity contribution < 1.29 is 27.6 Å². The molecule has 4 aromatic rings. The van der Waals surface area contributed by atoms with Crippen LogP contribution in [0.4, 0.5) is 24.5 Å². The van der Waals surface area contributed by atoms with E-state index in [2.05, 4.69) is 20.9 Å². The van der Waals surface area contributed by atoms with Crippen LogP contribution in [0.3, 0.4) is 0 Å². The monoisotopic (exact) mass is 556 g/mol. The fourth-order valence-corrected chi connectivity index (χ4v) is 3.57. The van der Waals surface area contributed by atoms with Gasteiger partial charge in [-0.1, -0.05) is 18.2 Å². The molecule has 0 aliphatic heterocycles. The van der Waals surface area contributed by atoms with Crippen molar-refractivity contribution >= 4 is 33.5 Å². The zero-order valence-corrected chi connectivity index (χ0v) is 19.9. The highest BCUT2D eigenvalue weighted by molar-refractivity contribution is 9.10. The summed E-state index contributed by atoms with van der Waals surface area (Å²) < 4.78 is 50.5. The molecule has 10 heteroatoms. The van der Waals surface area contributed by atoms with Gasteiger partial charge in [-0.05, 0) is 88.2 Å². The second-order valence-corrected chi connectivity index (χ2v) is 8.25. The van der Waals surface area contributed by atoms with Gasteiger partial charge in [0.05, 0.1) is 20.6 Å². The standard InChI is InChI=1S/C26H16BrF3N2O4/c27-22-14-17(16-31-19-8-10-21(11-9-19)35-20-4-2-1-3-5-20)6-12-24(22)36-25-13-7-18(26(28,29)30)15-23(25)32(33)34/h1-16H. The number of nitrogens with zero attached hydrogens (tertiary/aromatic N) is 2. The maximum atomic E-state index is 12.9. The predicted molar refractivity (Wildman–Crippen MR) is 133 cm³/mol. The molecule has 0 unspecified atom stereocenters. The molecule has 0 fully saturated rings. The highest BCUT2D eigenvalue weighted by atomic mass is 79.9. The zero-order valence-electron chi connectivity index (χ0n) is 18.3. The van der Waals surface area contributed by atoms with Gasteiger partial charge in [-0.15, -0.1) is 0 Å². The van der Waals surface area contributed by atoms with E-state index in [4.69, 9.17) is 9.47 Å². The van der Waals surface area contributed by atoms with Crippen LogP contribution in [0.5, 0.6) is 23.0 Å². The van der Waals surface area contributed by atoms with Gasteiger partial charge in [-0.25, -0.2) is 0 Å². The van der Waals surface area contributed by atoms with E-state index in [1.165, 1.54) is 6.07 Å². The maximum absolute atomic E-state index is 12.9. The average molecular weight is 557 g/mol. The van der Waals surface area contributed by atoms with E-state index in [1.807, 2.05) is 30.3 Å². The number of ether oxygens (including phenoxy) is 2. The molecule has 182 valence electrons. The highest BCUT2D eigenvalue weighted by Gasteiger charge is 2.33. The third-order valence-corrected chi connectivity index (χ3v) is 5.46. The smallest absolute Gasteiger partial charge is 0.416 e. The largest absolute Gasteiger partial charge is 0.457 e. The Labute approximate surface area is 211 Å². The molecule has 4 rings (SSSR count). The van der Waals surface area contributed by atoms with Crippen LogP contribution in [-0.2, 0) is 6.18 Å². The Bertz CT molecular complexity index is 1410. The van der Waals surface area contributed by atoms with E-state index in [9.17, 15) is 23.3 Å². The van der Waals surface area contributed by atoms with Crippen molar-refractivity contribution in [2.75, 3.05) is 0 Å². The summed E-state index contributed by atoms with van der Waals surface area (Å²) in [4.78, 5) is 14.8. The number of aliphatic imine (C=N–C) groups is 1. The van der Waals surface area contributed by atoms with Crippen LogP contribution >= 0.6 is 15.9 Å². The zero-order chi connectivity index (χ0) is 25.7. The summed E-state index contributed by atoms with van der Waals surface area (Å²) >= 11 is 3.33. The minimum Gasteiger partial charge on any atom is -0.457 e. The van der Waals surface area contributed by atoms with Crippen molar-refractivity contribution in [3.8, 4) is 23.0 Å². The lowest BCUT2D eigenvalue weighted by atomic mass is 10.2. The average Bonchev–Trinajstić information content (AvgIpc) is 2.85. The molecule has 0 aliphatic carbocycles. The second kappa shape index (κ2) is 10.6. The molecule has 4 aromatic carbocycles. The third-order valence-electron chi connectivity index (χ3n) is 4.84. The summed E-state index contributed by atoms with van der Waals surface area (Å²) in [5, 5.41) is 11.3. The first kappa shape index (κ1) is 24.9. The Morgan fingerprint density at radius 2 is 1.50 bits per heavy atom. The minimum atomic E-state index is -4.71. The Balaban J connectivity index is 1.46.